The summed E-state index contributed by atoms with van der Waals surface area (Å²) < 4.78 is 27.1. The van der Waals surface area contributed by atoms with Crippen LogP contribution in [0.5, 0.6) is 0 Å². The Hall–Kier alpha value is -2.35. The van der Waals surface area contributed by atoms with Crippen molar-refractivity contribution >= 4 is 43.7 Å². The SMILES string of the molecule is CNc1cc(N2CCN(C)CC2)c2ncccc2c1S(=O)(=O)c1cccc(Cl)c1. The van der Waals surface area contributed by atoms with Gasteiger partial charge >= 0.3 is 0 Å². The van der Waals surface area contributed by atoms with Gasteiger partial charge in [-0.15, -0.1) is 0 Å². The number of likely N-dealkylation sites (N-methyl/N-ethyl adjacent to an activating group) is 1. The average molecular weight is 431 g/mol. The molecule has 8 heteroatoms. The van der Waals surface area contributed by atoms with Crippen LogP contribution in [-0.4, -0.2) is 58.6 Å². The first-order valence-corrected chi connectivity index (χ1v) is 11.3. The molecule has 1 fully saturated rings. The maximum Gasteiger partial charge on any atom is 0.209 e. The maximum absolute atomic E-state index is 13.6. The van der Waals surface area contributed by atoms with Crippen LogP contribution < -0.4 is 10.2 Å². The van der Waals surface area contributed by atoms with Crippen molar-refractivity contribution in [2.24, 2.45) is 0 Å². The highest BCUT2D eigenvalue weighted by molar-refractivity contribution is 7.92. The molecule has 1 aromatic heterocycles. The van der Waals surface area contributed by atoms with Gasteiger partial charge < -0.3 is 15.1 Å². The topological polar surface area (TPSA) is 65.5 Å². The van der Waals surface area contributed by atoms with E-state index in [1.54, 1.807) is 37.5 Å². The van der Waals surface area contributed by atoms with Crippen molar-refractivity contribution in [2.45, 2.75) is 9.79 Å². The Morgan fingerprint density at radius 3 is 2.52 bits per heavy atom. The molecule has 0 unspecified atom stereocenters. The Morgan fingerprint density at radius 2 is 1.83 bits per heavy atom. The lowest BCUT2D eigenvalue weighted by molar-refractivity contribution is 0.313. The minimum Gasteiger partial charge on any atom is -0.387 e. The average Bonchev–Trinajstić information content (AvgIpc) is 2.73. The van der Waals surface area contributed by atoms with E-state index in [-0.39, 0.29) is 9.79 Å². The van der Waals surface area contributed by atoms with Crippen molar-refractivity contribution in [3.8, 4) is 0 Å². The number of hydrogen-bond donors (Lipinski definition) is 1. The molecule has 0 atom stereocenters. The highest BCUT2D eigenvalue weighted by atomic mass is 35.5. The molecule has 0 radical (unpaired) electrons. The molecule has 1 aliphatic heterocycles. The molecule has 1 saturated heterocycles. The van der Waals surface area contributed by atoms with Crippen molar-refractivity contribution in [3.63, 3.8) is 0 Å². The Bertz CT molecular complexity index is 1160. The van der Waals surface area contributed by atoms with Crippen LogP contribution in [0.25, 0.3) is 10.9 Å². The molecule has 152 valence electrons. The minimum absolute atomic E-state index is 0.166. The number of benzene rings is 2. The summed E-state index contributed by atoms with van der Waals surface area (Å²) in [5, 5.41) is 4.08. The molecule has 0 saturated carbocycles. The van der Waals surface area contributed by atoms with Crippen molar-refractivity contribution in [1.82, 2.24) is 9.88 Å². The normalized spacial score (nSPS) is 15.6. The van der Waals surface area contributed by atoms with Gasteiger partial charge in [0, 0.05) is 49.8 Å². The molecular formula is C21H23ClN4O2S. The molecular weight excluding hydrogens is 408 g/mol. The van der Waals surface area contributed by atoms with E-state index < -0.39 is 9.84 Å². The second kappa shape index (κ2) is 7.82. The smallest absolute Gasteiger partial charge is 0.209 e. The van der Waals surface area contributed by atoms with Gasteiger partial charge in [-0.1, -0.05) is 17.7 Å². The fraction of sp³-hybridized carbons (Fsp3) is 0.286. The summed E-state index contributed by atoms with van der Waals surface area (Å²) in [4.78, 5) is 9.50. The molecule has 3 aromatic rings. The number of nitrogens with zero attached hydrogens (tertiary/aromatic N) is 3. The third-order valence-electron chi connectivity index (χ3n) is 5.31. The summed E-state index contributed by atoms with van der Waals surface area (Å²) in [6, 6.07) is 11.8. The number of nitrogens with one attached hydrogen (secondary N) is 1. The Kier molecular flexibility index (Phi) is 5.38. The number of piperazine rings is 1. The summed E-state index contributed by atoms with van der Waals surface area (Å²) in [5.41, 5.74) is 2.19. The van der Waals surface area contributed by atoms with Crippen LogP contribution in [-0.2, 0) is 9.84 Å². The zero-order valence-electron chi connectivity index (χ0n) is 16.4. The van der Waals surface area contributed by atoms with E-state index in [2.05, 4.69) is 27.1 Å². The summed E-state index contributed by atoms with van der Waals surface area (Å²) in [5.74, 6) is 0. The lowest BCUT2D eigenvalue weighted by atomic mass is 10.1. The van der Waals surface area contributed by atoms with Gasteiger partial charge in [-0.3, -0.25) is 4.98 Å². The van der Waals surface area contributed by atoms with Crippen LogP contribution in [0, 0.1) is 0 Å². The van der Waals surface area contributed by atoms with Crippen LogP contribution in [0.2, 0.25) is 5.02 Å². The number of aromatic nitrogens is 1. The predicted octanol–water partition coefficient (Wildman–Crippen LogP) is 3.51. The number of hydrogen-bond acceptors (Lipinski definition) is 6. The van der Waals surface area contributed by atoms with E-state index >= 15 is 0 Å². The van der Waals surface area contributed by atoms with Gasteiger partial charge in [0.1, 0.15) is 4.90 Å². The van der Waals surface area contributed by atoms with Crippen LogP contribution in [0.15, 0.2) is 58.5 Å². The van der Waals surface area contributed by atoms with E-state index in [0.29, 0.717) is 21.6 Å². The number of halogens is 1. The molecule has 1 N–H and O–H groups in total. The van der Waals surface area contributed by atoms with Crippen molar-refractivity contribution in [2.75, 3.05) is 50.5 Å². The lowest BCUT2D eigenvalue weighted by Gasteiger charge is -2.35. The third-order valence-corrected chi connectivity index (χ3v) is 7.40. The number of fused-ring (bicyclic) bond motifs is 1. The molecule has 29 heavy (non-hydrogen) atoms. The Labute approximate surface area is 176 Å². The maximum atomic E-state index is 13.6. The van der Waals surface area contributed by atoms with Crippen molar-refractivity contribution in [3.05, 3.63) is 53.7 Å². The summed E-state index contributed by atoms with van der Waals surface area (Å²) in [6.45, 7) is 3.63. The van der Waals surface area contributed by atoms with Gasteiger partial charge in [0.2, 0.25) is 9.84 Å². The molecule has 1 aliphatic rings. The zero-order chi connectivity index (χ0) is 20.6. The summed E-state index contributed by atoms with van der Waals surface area (Å²) in [7, 11) is 0.0421. The van der Waals surface area contributed by atoms with Crippen LogP contribution in [0.3, 0.4) is 0 Å². The van der Waals surface area contributed by atoms with Gasteiger partial charge in [0.05, 0.1) is 21.8 Å². The van der Waals surface area contributed by atoms with Gasteiger partial charge in [0.15, 0.2) is 0 Å². The quantitative estimate of drug-likeness (QED) is 0.683. The van der Waals surface area contributed by atoms with Gasteiger partial charge in [-0.05, 0) is 43.4 Å². The largest absolute Gasteiger partial charge is 0.387 e. The van der Waals surface area contributed by atoms with E-state index in [0.717, 1.165) is 31.9 Å². The zero-order valence-corrected chi connectivity index (χ0v) is 18.0. The minimum atomic E-state index is -3.80. The third kappa shape index (κ3) is 3.66. The molecule has 2 aromatic carbocycles. The first-order valence-electron chi connectivity index (χ1n) is 9.45. The van der Waals surface area contributed by atoms with E-state index in [4.69, 9.17) is 11.6 Å². The first-order chi connectivity index (χ1) is 13.9. The van der Waals surface area contributed by atoms with E-state index in [1.165, 1.54) is 6.07 Å². The van der Waals surface area contributed by atoms with Gasteiger partial charge in [-0.25, -0.2) is 8.42 Å². The number of pyridine rings is 1. The van der Waals surface area contributed by atoms with Crippen molar-refractivity contribution < 1.29 is 8.42 Å². The molecule has 4 rings (SSSR count). The van der Waals surface area contributed by atoms with Gasteiger partial charge in [-0.2, -0.15) is 0 Å². The second-order valence-corrected chi connectivity index (χ2v) is 9.50. The molecule has 6 nitrogen and oxygen atoms in total. The molecule has 0 spiro atoms. The summed E-state index contributed by atoms with van der Waals surface area (Å²) in [6.07, 6.45) is 1.71. The molecule has 0 aliphatic carbocycles. The highest BCUT2D eigenvalue weighted by Crippen LogP contribution is 2.39. The standard InChI is InChI=1S/C21H23ClN4O2S/c1-23-18-14-19(26-11-9-25(2)10-12-26)20-17(7-4-8-24-20)21(18)29(27,28)16-6-3-5-15(22)13-16/h3-8,13-14,23H,9-12H2,1-2H3. The van der Waals surface area contributed by atoms with Crippen LogP contribution >= 0.6 is 11.6 Å². The van der Waals surface area contributed by atoms with Gasteiger partial charge in [0.25, 0.3) is 0 Å². The number of anilines is 2. The number of rotatable bonds is 4. The number of sulfone groups is 1. The van der Waals surface area contributed by atoms with E-state index in [9.17, 15) is 8.42 Å². The Morgan fingerprint density at radius 1 is 1.07 bits per heavy atom. The lowest BCUT2D eigenvalue weighted by Crippen LogP contribution is -2.44. The van der Waals surface area contributed by atoms with Crippen LogP contribution in [0.4, 0.5) is 11.4 Å². The molecule has 2 heterocycles. The van der Waals surface area contributed by atoms with Crippen molar-refractivity contribution in [1.29, 1.82) is 0 Å². The molecule has 0 bridgehead atoms. The Balaban J connectivity index is 1.95. The fourth-order valence-corrected chi connectivity index (χ4v) is 5.66. The first kappa shape index (κ1) is 19.9. The highest BCUT2D eigenvalue weighted by Gasteiger charge is 2.28. The fourth-order valence-electron chi connectivity index (χ4n) is 3.72. The monoisotopic (exact) mass is 430 g/mol. The molecule has 0 amide bonds. The summed E-state index contributed by atoms with van der Waals surface area (Å²) >= 11 is 6.07. The van der Waals surface area contributed by atoms with E-state index in [1.807, 2.05) is 12.1 Å². The predicted molar refractivity (Wildman–Crippen MR) is 118 cm³/mol. The second-order valence-electron chi connectivity index (χ2n) is 7.17. The van der Waals surface area contributed by atoms with Crippen LogP contribution in [0.1, 0.15) is 0 Å².